The van der Waals surface area contributed by atoms with E-state index in [-0.39, 0.29) is 0 Å². The van der Waals surface area contributed by atoms with Gasteiger partial charge < -0.3 is 11.1 Å². The number of rotatable bonds is 7. The molecule has 0 bridgehead atoms. The first-order valence-corrected chi connectivity index (χ1v) is 6.09. The summed E-state index contributed by atoms with van der Waals surface area (Å²) in [6.07, 6.45) is 5.57. The molecule has 1 aromatic heterocycles. The summed E-state index contributed by atoms with van der Waals surface area (Å²) in [6.45, 7) is 6.44. The smallest absolute Gasteiger partial charge is 0.0543 e. The van der Waals surface area contributed by atoms with E-state index in [4.69, 9.17) is 5.73 Å². The largest absolute Gasteiger partial charge is 0.397 e. The van der Waals surface area contributed by atoms with Gasteiger partial charge in [0.25, 0.3) is 0 Å². The second-order valence-electron chi connectivity index (χ2n) is 4.65. The molecule has 3 nitrogen and oxygen atoms in total. The van der Waals surface area contributed by atoms with Gasteiger partial charge in [0, 0.05) is 6.54 Å². The maximum atomic E-state index is 5.57. The van der Waals surface area contributed by atoms with E-state index in [2.05, 4.69) is 24.1 Å². The van der Waals surface area contributed by atoms with E-state index < -0.39 is 0 Å². The standard InChI is InChI=1S/C13H23N3/c1-11(2)5-3-4-8-15-10-13-7-6-12(14)9-16-13/h6-7,9,11,15H,3-5,8,10,14H2,1-2H3. The Kier molecular flexibility index (Phi) is 5.86. The molecule has 1 rings (SSSR count). The average molecular weight is 221 g/mol. The Morgan fingerprint density at radius 3 is 2.75 bits per heavy atom. The zero-order valence-corrected chi connectivity index (χ0v) is 10.4. The average Bonchev–Trinajstić information content (AvgIpc) is 2.25. The highest BCUT2D eigenvalue weighted by molar-refractivity contribution is 5.34. The highest BCUT2D eigenvalue weighted by Crippen LogP contribution is 2.05. The van der Waals surface area contributed by atoms with Crippen molar-refractivity contribution in [2.75, 3.05) is 12.3 Å². The number of nitrogens with two attached hydrogens (primary N) is 1. The van der Waals surface area contributed by atoms with E-state index in [9.17, 15) is 0 Å². The number of nitrogens with zero attached hydrogens (tertiary/aromatic N) is 1. The first-order valence-electron chi connectivity index (χ1n) is 6.09. The molecule has 0 aliphatic carbocycles. The zero-order chi connectivity index (χ0) is 11.8. The predicted molar refractivity (Wildman–Crippen MR) is 69.0 cm³/mol. The topological polar surface area (TPSA) is 50.9 Å². The van der Waals surface area contributed by atoms with Crippen molar-refractivity contribution in [1.82, 2.24) is 10.3 Å². The van der Waals surface area contributed by atoms with Crippen LogP contribution in [0.1, 0.15) is 38.8 Å². The molecule has 0 amide bonds. The van der Waals surface area contributed by atoms with E-state index in [0.717, 1.165) is 30.4 Å². The van der Waals surface area contributed by atoms with Gasteiger partial charge in [-0.05, 0) is 31.0 Å². The summed E-state index contributed by atoms with van der Waals surface area (Å²) in [5, 5.41) is 3.39. The van der Waals surface area contributed by atoms with Crippen molar-refractivity contribution in [2.24, 2.45) is 5.92 Å². The molecule has 0 radical (unpaired) electrons. The molecule has 0 atom stereocenters. The fourth-order valence-corrected chi connectivity index (χ4v) is 1.56. The predicted octanol–water partition coefficient (Wildman–Crippen LogP) is 2.58. The summed E-state index contributed by atoms with van der Waals surface area (Å²) in [4.78, 5) is 4.24. The third-order valence-electron chi connectivity index (χ3n) is 2.54. The Labute approximate surface area is 98.5 Å². The normalized spacial score (nSPS) is 10.9. The minimum Gasteiger partial charge on any atom is -0.397 e. The van der Waals surface area contributed by atoms with Crippen LogP contribution in [0.25, 0.3) is 0 Å². The van der Waals surface area contributed by atoms with Crippen LogP contribution in [0.2, 0.25) is 0 Å². The number of nitrogens with one attached hydrogen (secondary N) is 1. The van der Waals surface area contributed by atoms with Crippen LogP contribution in [0.4, 0.5) is 5.69 Å². The van der Waals surface area contributed by atoms with Crippen LogP contribution in [0.5, 0.6) is 0 Å². The molecule has 0 aliphatic rings. The monoisotopic (exact) mass is 221 g/mol. The number of nitrogen functional groups attached to an aromatic ring is 1. The van der Waals surface area contributed by atoms with Crippen molar-refractivity contribution in [2.45, 2.75) is 39.7 Å². The van der Waals surface area contributed by atoms with Gasteiger partial charge in [-0.2, -0.15) is 0 Å². The van der Waals surface area contributed by atoms with Crippen molar-refractivity contribution in [3.63, 3.8) is 0 Å². The molecule has 1 aromatic rings. The van der Waals surface area contributed by atoms with Gasteiger partial charge in [-0.3, -0.25) is 4.98 Å². The summed E-state index contributed by atoms with van der Waals surface area (Å²) in [6, 6.07) is 3.86. The van der Waals surface area contributed by atoms with Crippen LogP contribution in [-0.4, -0.2) is 11.5 Å². The summed E-state index contributed by atoms with van der Waals surface area (Å²) in [5.74, 6) is 0.818. The number of pyridine rings is 1. The minimum atomic E-state index is 0.723. The molecular formula is C13H23N3. The van der Waals surface area contributed by atoms with Crippen molar-refractivity contribution < 1.29 is 0 Å². The summed E-state index contributed by atoms with van der Waals surface area (Å²) >= 11 is 0. The summed E-state index contributed by atoms with van der Waals surface area (Å²) in [7, 11) is 0. The molecule has 0 aromatic carbocycles. The van der Waals surface area contributed by atoms with Gasteiger partial charge in [0.15, 0.2) is 0 Å². The lowest BCUT2D eigenvalue weighted by molar-refractivity contribution is 0.519. The molecular weight excluding hydrogens is 198 g/mol. The molecule has 16 heavy (non-hydrogen) atoms. The van der Waals surface area contributed by atoms with Gasteiger partial charge in [-0.15, -0.1) is 0 Å². The Morgan fingerprint density at radius 1 is 1.31 bits per heavy atom. The van der Waals surface area contributed by atoms with Crippen LogP contribution in [0.15, 0.2) is 18.3 Å². The number of unbranched alkanes of at least 4 members (excludes halogenated alkanes) is 1. The number of anilines is 1. The van der Waals surface area contributed by atoms with Crippen molar-refractivity contribution in [3.05, 3.63) is 24.0 Å². The zero-order valence-electron chi connectivity index (χ0n) is 10.4. The van der Waals surface area contributed by atoms with Crippen LogP contribution >= 0.6 is 0 Å². The highest BCUT2D eigenvalue weighted by atomic mass is 14.9. The summed E-state index contributed by atoms with van der Waals surface area (Å²) < 4.78 is 0. The van der Waals surface area contributed by atoms with Gasteiger partial charge in [0.2, 0.25) is 0 Å². The summed E-state index contributed by atoms with van der Waals surface area (Å²) in [5.41, 5.74) is 7.34. The van der Waals surface area contributed by atoms with Crippen molar-refractivity contribution in [1.29, 1.82) is 0 Å². The van der Waals surface area contributed by atoms with Crippen LogP contribution in [0, 0.1) is 5.92 Å². The van der Waals surface area contributed by atoms with E-state index in [1.165, 1.54) is 19.3 Å². The Balaban J connectivity index is 2.05. The Hall–Kier alpha value is -1.09. The fraction of sp³-hybridized carbons (Fsp3) is 0.615. The lowest BCUT2D eigenvalue weighted by Gasteiger charge is -2.06. The number of hydrogen-bond donors (Lipinski definition) is 2. The molecule has 0 aliphatic heterocycles. The van der Waals surface area contributed by atoms with Gasteiger partial charge in [-0.25, -0.2) is 0 Å². The Bertz CT molecular complexity index is 280. The SMILES string of the molecule is CC(C)CCCCNCc1ccc(N)cn1. The molecule has 1 heterocycles. The lowest BCUT2D eigenvalue weighted by Crippen LogP contribution is -2.15. The highest BCUT2D eigenvalue weighted by Gasteiger charge is 1.95. The van der Waals surface area contributed by atoms with Gasteiger partial charge in [0.05, 0.1) is 17.6 Å². The number of hydrogen-bond acceptors (Lipinski definition) is 3. The van der Waals surface area contributed by atoms with Crippen LogP contribution in [0.3, 0.4) is 0 Å². The maximum Gasteiger partial charge on any atom is 0.0543 e. The van der Waals surface area contributed by atoms with Gasteiger partial charge in [-0.1, -0.05) is 26.7 Å². The Morgan fingerprint density at radius 2 is 2.12 bits per heavy atom. The van der Waals surface area contributed by atoms with Gasteiger partial charge in [0.1, 0.15) is 0 Å². The van der Waals surface area contributed by atoms with Crippen LogP contribution < -0.4 is 11.1 Å². The molecule has 3 heteroatoms. The van der Waals surface area contributed by atoms with Crippen LogP contribution in [-0.2, 0) is 6.54 Å². The second kappa shape index (κ2) is 7.23. The number of aromatic nitrogens is 1. The molecule has 0 spiro atoms. The first kappa shape index (κ1) is 13.0. The quantitative estimate of drug-likeness (QED) is 0.696. The molecule has 0 unspecified atom stereocenters. The molecule has 0 saturated carbocycles. The van der Waals surface area contributed by atoms with E-state index in [0.29, 0.717) is 0 Å². The van der Waals surface area contributed by atoms with E-state index in [1.807, 2.05) is 12.1 Å². The molecule has 3 N–H and O–H groups in total. The second-order valence-corrected chi connectivity index (χ2v) is 4.65. The third kappa shape index (κ3) is 5.71. The lowest BCUT2D eigenvalue weighted by atomic mass is 10.1. The third-order valence-corrected chi connectivity index (χ3v) is 2.54. The molecule has 0 fully saturated rings. The van der Waals surface area contributed by atoms with E-state index in [1.54, 1.807) is 6.20 Å². The molecule has 0 saturated heterocycles. The van der Waals surface area contributed by atoms with Crippen molar-refractivity contribution in [3.8, 4) is 0 Å². The maximum absolute atomic E-state index is 5.57. The van der Waals surface area contributed by atoms with E-state index >= 15 is 0 Å². The van der Waals surface area contributed by atoms with Gasteiger partial charge >= 0.3 is 0 Å². The fourth-order valence-electron chi connectivity index (χ4n) is 1.56. The van der Waals surface area contributed by atoms with Crippen molar-refractivity contribution >= 4 is 5.69 Å². The molecule has 90 valence electrons. The first-order chi connectivity index (χ1) is 7.68. The minimum absolute atomic E-state index is 0.723.